The number of amides is 1. The van der Waals surface area contributed by atoms with Gasteiger partial charge in [-0.25, -0.2) is 0 Å². The molecule has 0 fully saturated rings. The summed E-state index contributed by atoms with van der Waals surface area (Å²) in [5.74, 6) is 1.26. The third-order valence-corrected chi connectivity index (χ3v) is 3.46. The first-order valence-corrected chi connectivity index (χ1v) is 7.81. The molecular weight excluding hydrogens is 278 g/mol. The molecule has 1 atom stereocenters. The van der Waals surface area contributed by atoms with Crippen molar-refractivity contribution in [1.29, 1.82) is 0 Å². The van der Waals surface area contributed by atoms with E-state index in [1.54, 1.807) is 26.4 Å². The average molecular weight is 305 g/mol. The number of carbonyl (C=O) groups excluding carboxylic acids is 1. The van der Waals surface area contributed by atoms with Crippen molar-refractivity contribution in [2.45, 2.75) is 45.6 Å². The first-order valence-electron chi connectivity index (χ1n) is 7.81. The first kappa shape index (κ1) is 18.1. The van der Waals surface area contributed by atoms with Gasteiger partial charge in [0.25, 0.3) is 0 Å². The molecule has 0 saturated carbocycles. The zero-order valence-electron chi connectivity index (χ0n) is 14.0. The van der Waals surface area contributed by atoms with E-state index in [2.05, 4.69) is 12.2 Å². The SMILES string of the molecule is CCCCCC(C)NC(=O)C=Cc1ccc(OC)c(OC)c1. The van der Waals surface area contributed by atoms with Crippen LogP contribution < -0.4 is 14.8 Å². The number of hydrogen-bond acceptors (Lipinski definition) is 3. The summed E-state index contributed by atoms with van der Waals surface area (Å²) in [6.07, 6.45) is 7.90. The molecule has 1 amide bonds. The van der Waals surface area contributed by atoms with Gasteiger partial charge in [0.05, 0.1) is 14.2 Å². The number of carbonyl (C=O) groups is 1. The van der Waals surface area contributed by atoms with Gasteiger partial charge in [-0.3, -0.25) is 4.79 Å². The van der Waals surface area contributed by atoms with Gasteiger partial charge >= 0.3 is 0 Å². The molecule has 1 unspecified atom stereocenters. The topological polar surface area (TPSA) is 47.6 Å². The van der Waals surface area contributed by atoms with Crippen molar-refractivity contribution < 1.29 is 14.3 Å². The van der Waals surface area contributed by atoms with Gasteiger partial charge in [0.15, 0.2) is 11.5 Å². The largest absolute Gasteiger partial charge is 0.493 e. The molecule has 4 nitrogen and oxygen atoms in total. The fourth-order valence-corrected chi connectivity index (χ4v) is 2.19. The molecule has 22 heavy (non-hydrogen) atoms. The molecule has 0 aromatic heterocycles. The number of hydrogen-bond donors (Lipinski definition) is 1. The predicted octanol–water partition coefficient (Wildman–Crippen LogP) is 3.80. The van der Waals surface area contributed by atoms with Crippen molar-refractivity contribution in [3.8, 4) is 11.5 Å². The molecule has 1 N–H and O–H groups in total. The van der Waals surface area contributed by atoms with Crippen molar-refractivity contribution in [1.82, 2.24) is 5.32 Å². The molecule has 0 heterocycles. The van der Waals surface area contributed by atoms with Crippen LogP contribution in [-0.2, 0) is 4.79 Å². The summed E-state index contributed by atoms with van der Waals surface area (Å²) in [6, 6.07) is 5.75. The van der Waals surface area contributed by atoms with Crippen LogP contribution in [0.25, 0.3) is 6.08 Å². The zero-order valence-corrected chi connectivity index (χ0v) is 14.0. The third-order valence-electron chi connectivity index (χ3n) is 3.46. The van der Waals surface area contributed by atoms with E-state index in [1.165, 1.54) is 12.8 Å². The van der Waals surface area contributed by atoms with Crippen molar-refractivity contribution in [2.75, 3.05) is 14.2 Å². The highest BCUT2D eigenvalue weighted by Crippen LogP contribution is 2.27. The Morgan fingerprint density at radius 1 is 1.23 bits per heavy atom. The first-order chi connectivity index (χ1) is 10.6. The summed E-state index contributed by atoms with van der Waals surface area (Å²) in [6.45, 7) is 4.22. The normalized spacial score (nSPS) is 12.2. The molecule has 4 heteroatoms. The minimum Gasteiger partial charge on any atom is -0.493 e. The van der Waals surface area contributed by atoms with Crippen LogP contribution in [0.3, 0.4) is 0 Å². The van der Waals surface area contributed by atoms with Gasteiger partial charge in [-0.2, -0.15) is 0 Å². The number of methoxy groups -OCH3 is 2. The van der Waals surface area contributed by atoms with E-state index in [-0.39, 0.29) is 11.9 Å². The lowest BCUT2D eigenvalue weighted by Gasteiger charge is -2.11. The van der Waals surface area contributed by atoms with E-state index in [0.29, 0.717) is 11.5 Å². The Kier molecular flexibility index (Phi) is 8.11. The molecule has 0 aliphatic rings. The summed E-state index contributed by atoms with van der Waals surface area (Å²) >= 11 is 0. The van der Waals surface area contributed by atoms with Crippen LogP contribution in [0.5, 0.6) is 11.5 Å². The second kappa shape index (κ2) is 9.87. The fraction of sp³-hybridized carbons (Fsp3) is 0.500. The van der Waals surface area contributed by atoms with E-state index in [1.807, 2.05) is 25.1 Å². The number of rotatable bonds is 9. The van der Waals surface area contributed by atoms with Crippen LogP contribution >= 0.6 is 0 Å². The lowest BCUT2D eigenvalue weighted by atomic mass is 10.1. The number of nitrogens with one attached hydrogen (secondary N) is 1. The molecule has 1 aromatic rings. The van der Waals surface area contributed by atoms with E-state index < -0.39 is 0 Å². The summed E-state index contributed by atoms with van der Waals surface area (Å²) < 4.78 is 10.4. The predicted molar refractivity (Wildman–Crippen MR) is 90.3 cm³/mol. The van der Waals surface area contributed by atoms with Gasteiger partial charge in [0.2, 0.25) is 5.91 Å². The maximum atomic E-state index is 11.9. The summed E-state index contributed by atoms with van der Waals surface area (Å²) in [5.41, 5.74) is 0.895. The quantitative estimate of drug-likeness (QED) is 0.557. The van der Waals surface area contributed by atoms with E-state index >= 15 is 0 Å². The Balaban J connectivity index is 2.55. The molecule has 0 aliphatic heterocycles. The van der Waals surface area contributed by atoms with Crippen molar-refractivity contribution in [3.63, 3.8) is 0 Å². The zero-order chi connectivity index (χ0) is 16.4. The Labute approximate surface area is 133 Å². The van der Waals surface area contributed by atoms with E-state index in [9.17, 15) is 4.79 Å². The second-order valence-electron chi connectivity index (χ2n) is 5.35. The van der Waals surface area contributed by atoms with Crippen LogP contribution in [0.4, 0.5) is 0 Å². The minimum absolute atomic E-state index is 0.0706. The highest BCUT2D eigenvalue weighted by molar-refractivity contribution is 5.91. The average Bonchev–Trinajstić information content (AvgIpc) is 2.52. The fourth-order valence-electron chi connectivity index (χ4n) is 2.19. The van der Waals surface area contributed by atoms with Crippen LogP contribution in [0, 0.1) is 0 Å². The lowest BCUT2D eigenvalue weighted by Crippen LogP contribution is -2.30. The molecule has 0 spiro atoms. The van der Waals surface area contributed by atoms with Crippen molar-refractivity contribution in [2.24, 2.45) is 0 Å². The molecule has 0 bridgehead atoms. The molecule has 122 valence electrons. The summed E-state index contributed by atoms with van der Waals surface area (Å²) in [4.78, 5) is 11.9. The highest BCUT2D eigenvalue weighted by atomic mass is 16.5. The standard InChI is InChI=1S/C18H27NO3/c1-5-6-7-8-14(2)19-18(20)12-10-15-9-11-16(21-3)17(13-15)22-4/h9-14H,5-8H2,1-4H3,(H,19,20). The van der Waals surface area contributed by atoms with Gasteiger partial charge in [-0.05, 0) is 37.1 Å². The highest BCUT2D eigenvalue weighted by Gasteiger charge is 2.05. The van der Waals surface area contributed by atoms with Crippen LogP contribution in [0.15, 0.2) is 24.3 Å². The Bertz CT molecular complexity index is 497. The van der Waals surface area contributed by atoms with Gasteiger partial charge in [0.1, 0.15) is 0 Å². The number of unbranched alkanes of at least 4 members (excludes halogenated alkanes) is 2. The maximum Gasteiger partial charge on any atom is 0.244 e. The molecule has 0 saturated heterocycles. The lowest BCUT2D eigenvalue weighted by molar-refractivity contribution is -0.117. The van der Waals surface area contributed by atoms with Crippen LogP contribution in [-0.4, -0.2) is 26.2 Å². The molecule has 1 rings (SSSR count). The van der Waals surface area contributed by atoms with E-state index in [0.717, 1.165) is 18.4 Å². The van der Waals surface area contributed by atoms with Crippen molar-refractivity contribution in [3.05, 3.63) is 29.8 Å². The smallest absolute Gasteiger partial charge is 0.244 e. The number of ether oxygens (including phenoxy) is 2. The van der Waals surface area contributed by atoms with Gasteiger partial charge < -0.3 is 14.8 Å². The molecule has 0 radical (unpaired) electrons. The van der Waals surface area contributed by atoms with Gasteiger partial charge in [-0.15, -0.1) is 0 Å². The van der Waals surface area contributed by atoms with Gasteiger partial charge in [-0.1, -0.05) is 32.3 Å². The minimum atomic E-state index is -0.0706. The van der Waals surface area contributed by atoms with Crippen LogP contribution in [0.2, 0.25) is 0 Å². The maximum absolute atomic E-state index is 11.9. The Hall–Kier alpha value is -1.97. The van der Waals surface area contributed by atoms with E-state index in [4.69, 9.17) is 9.47 Å². The van der Waals surface area contributed by atoms with Crippen molar-refractivity contribution >= 4 is 12.0 Å². The second-order valence-corrected chi connectivity index (χ2v) is 5.35. The number of benzene rings is 1. The Morgan fingerprint density at radius 2 is 1.95 bits per heavy atom. The third kappa shape index (κ3) is 6.20. The molecule has 1 aromatic carbocycles. The van der Waals surface area contributed by atoms with Crippen LogP contribution in [0.1, 0.15) is 45.1 Å². The Morgan fingerprint density at radius 3 is 2.59 bits per heavy atom. The van der Waals surface area contributed by atoms with Gasteiger partial charge in [0, 0.05) is 12.1 Å². The molecule has 0 aliphatic carbocycles. The monoisotopic (exact) mass is 305 g/mol. The summed E-state index contributed by atoms with van der Waals surface area (Å²) in [7, 11) is 3.19. The summed E-state index contributed by atoms with van der Waals surface area (Å²) in [5, 5.41) is 2.98. The molecular formula is C18H27NO3.